The summed E-state index contributed by atoms with van der Waals surface area (Å²) in [4.78, 5) is 4.24. The minimum Gasteiger partial charge on any atom is -0.423 e. The summed E-state index contributed by atoms with van der Waals surface area (Å²) in [7, 11) is -3.73. The lowest BCUT2D eigenvalue weighted by molar-refractivity contribution is 0.0615. The van der Waals surface area contributed by atoms with E-state index >= 15 is 0 Å². The molecule has 4 atom stereocenters. The van der Waals surface area contributed by atoms with E-state index in [1.165, 1.54) is 4.68 Å². The Kier molecular flexibility index (Phi) is 5.76. The molecular weight excluding hydrogens is 486 g/mol. The third-order valence-electron chi connectivity index (χ3n) is 6.29. The zero-order valence-corrected chi connectivity index (χ0v) is 20.0. The van der Waals surface area contributed by atoms with Crippen molar-refractivity contribution < 1.29 is 22.6 Å². The molecule has 2 aromatic carbocycles. The van der Waals surface area contributed by atoms with Crippen LogP contribution in [0.2, 0.25) is 0 Å². The second kappa shape index (κ2) is 9.09. The summed E-state index contributed by atoms with van der Waals surface area (Å²) in [5.74, 6) is 0.557. The van der Waals surface area contributed by atoms with Crippen LogP contribution in [0.25, 0.3) is 5.69 Å². The predicted molar refractivity (Wildman–Crippen MR) is 125 cm³/mol. The minimum atomic E-state index is -3.73. The SMILES string of the molecule is Cc1ccc(S(=O)(=O)N[C@H]2CO[C@H]3[C@@H]2OC[C@@H]3n2nnnc2Oc2ccc(-n3ccnc3)cc2)cc1. The number of tetrazole rings is 1. The quantitative estimate of drug-likeness (QED) is 0.394. The molecule has 0 radical (unpaired) electrons. The number of aryl methyl sites for hydroxylation is 1. The van der Waals surface area contributed by atoms with Gasteiger partial charge in [-0.1, -0.05) is 22.8 Å². The summed E-state index contributed by atoms with van der Waals surface area (Å²) in [6.07, 6.45) is 4.34. The molecule has 2 aliphatic heterocycles. The lowest BCUT2D eigenvalue weighted by atomic mass is 10.1. The number of nitrogens with zero attached hydrogens (tertiary/aromatic N) is 6. The van der Waals surface area contributed by atoms with Crippen molar-refractivity contribution in [2.24, 2.45) is 0 Å². The van der Waals surface area contributed by atoms with Crippen LogP contribution in [0.1, 0.15) is 11.6 Å². The number of ether oxygens (including phenoxy) is 3. The Bertz CT molecular complexity index is 1440. The number of hydrogen-bond acceptors (Lipinski definition) is 9. The Morgan fingerprint density at radius 3 is 2.56 bits per heavy atom. The van der Waals surface area contributed by atoms with Crippen molar-refractivity contribution >= 4 is 10.0 Å². The first-order valence-electron chi connectivity index (χ1n) is 11.3. The molecule has 0 bridgehead atoms. The van der Waals surface area contributed by atoms with Gasteiger partial charge in [-0.2, -0.15) is 4.68 Å². The number of hydrogen-bond donors (Lipinski definition) is 1. The molecular formula is C23H23N7O5S. The first-order chi connectivity index (χ1) is 17.5. The number of rotatable bonds is 7. The van der Waals surface area contributed by atoms with Gasteiger partial charge < -0.3 is 18.8 Å². The second-order valence-electron chi connectivity index (χ2n) is 8.68. The van der Waals surface area contributed by atoms with Crippen LogP contribution in [0, 0.1) is 6.92 Å². The molecule has 0 saturated carbocycles. The number of nitrogens with one attached hydrogen (secondary N) is 1. The summed E-state index contributed by atoms with van der Waals surface area (Å²) in [6, 6.07) is 13.4. The molecule has 4 heterocycles. The molecule has 13 heteroatoms. The molecule has 36 heavy (non-hydrogen) atoms. The first-order valence-corrected chi connectivity index (χ1v) is 12.8. The average molecular weight is 510 g/mol. The zero-order chi connectivity index (χ0) is 24.7. The Morgan fingerprint density at radius 1 is 1.03 bits per heavy atom. The van der Waals surface area contributed by atoms with Crippen LogP contribution >= 0.6 is 0 Å². The molecule has 1 N–H and O–H groups in total. The third-order valence-corrected chi connectivity index (χ3v) is 7.80. The maximum Gasteiger partial charge on any atom is 0.341 e. The van der Waals surface area contributed by atoms with Gasteiger partial charge in [-0.3, -0.25) is 0 Å². The van der Waals surface area contributed by atoms with Gasteiger partial charge >= 0.3 is 6.01 Å². The Labute approximate surface area is 206 Å². The maximum absolute atomic E-state index is 12.9. The Balaban J connectivity index is 1.15. The van der Waals surface area contributed by atoms with Gasteiger partial charge in [0.25, 0.3) is 0 Å². The van der Waals surface area contributed by atoms with Gasteiger partial charge in [0.15, 0.2) is 0 Å². The fraction of sp³-hybridized carbons (Fsp3) is 0.304. The van der Waals surface area contributed by atoms with Gasteiger partial charge in [-0.25, -0.2) is 18.1 Å². The van der Waals surface area contributed by atoms with Crippen LogP contribution in [-0.2, 0) is 19.5 Å². The van der Waals surface area contributed by atoms with E-state index in [0.717, 1.165) is 11.3 Å². The molecule has 6 rings (SSSR count). The van der Waals surface area contributed by atoms with E-state index in [9.17, 15) is 8.42 Å². The Hall–Kier alpha value is -3.65. The van der Waals surface area contributed by atoms with E-state index in [0.29, 0.717) is 5.75 Å². The predicted octanol–water partition coefficient (Wildman–Crippen LogP) is 1.65. The molecule has 0 amide bonds. The van der Waals surface area contributed by atoms with Gasteiger partial charge in [0.05, 0.1) is 30.5 Å². The first kappa shape index (κ1) is 22.8. The molecule has 2 saturated heterocycles. The van der Waals surface area contributed by atoms with E-state index < -0.39 is 28.3 Å². The van der Waals surface area contributed by atoms with Gasteiger partial charge in [0.1, 0.15) is 24.0 Å². The van der Waals surface area contributed by atoms with Gasteiger partial charge in [-0.15, -0.1) is 0 Å². The minimum absolute atomic E-state index is 0.172. The average Bonchev–Trinajstić information content (AvgIpc) is 3.67. The molecule has 4 aromatic rings. The summed E-state index contributed by atoms with van der Waals surface area (Å²) >= 11 is 0. The monoisotopic (exact) mass is 509 g/mol. The second-order valence-corrected chi connectivity index (χ2v) is 10.4. The van der Waals surface area contributed by atoms with Gasteiger partial charge in [0, 0.05) is 18.1 Å². The van der Waals surface area contributed by atoms with Crippen LogP contribution in [0.4, 0.5) is 0 Å². The van der Waals surface area contributed by atoms with Crippen molar-refractivity contribution in [2.45, 2.75) is 36.1 Å². The summed E-state index contributed by atoms with van der Waals surface area (Å²) in [5, 5.41) is 11.9. The molecule has 12 nitrogen and oxygen atoms in total. The topological polar surface area (TPSA) is 135 Å². The van der Waals surface area contributed by atoms with Crippen LogP contribution in [0.5, 0.6) is 11.8 Å². The third kappa shape index (κ3) is 4.26. The van der Waals surface area contributed by atoms with Gasteiger partial charge in [-0.05, 0) is 53.7 Å². The van der Waals surface area contributed by atoms with Crippen molar-refractivity contribution in [3.05, 3.63) is 72.8 Å². The van der Waals surface area contributed by atoms with E-state index in [1.54, 1.807) is 36.8 Å². The fourth-order valence-electron chi connectivity index (χ4n) is 4.44. The highest BCUT2D eigenvalue weighted by Gasteiger charge is 2.50. The zero-order valence-electron chi connectivity index (χ0n) is 19.2. The van der Waals surface area contributed by atoms with Crippen LogP contribution in [0.15, 0.2) is 72.1 Å². The molecule has 2 aliphatic rings. The Morgan fingerprint density at radius 2 is 1.81 bits per heavy atom. The van der Waals surface area contributed by atoms with Crippen LogP contribution in [-0.4, -0.2) is 69.6 Å². The molecule has 0 aliphatic carbocycles. The van der Waals surface area contributed by atoms with E-state index in [1.807, 2.05) is 42.0 Å². The highest BCUT2D eigenvalue weighted by molar-refractivity contribution is 7.89. The van der Waals surface area contributed by atoms with Crippen LogP contribution in [0.3, 0.4) is 0 Å². The molecule has 0 spiro atoms. The van der Waals surface area contributed by atoms with Crippen molar-refractivity contribution in [1.82, 2.24) is 34.5 Å². The molecule has 186 valence electrons. The summed E-state index contributed by atoms with van der Waals surface area (Å²) in [5.41, 5.74) is 1.92. The number of imidazole rings is 1. The van der Waals surface area contributed by atoms with E-state index in [-0.39, 0.29) is 30.2 Å². The largest absolute Gasteiger partial charge is 0.423 e. The molecule has 2 fully saturated rings. The standard InChI is InChI=1S/C23H23N7O5S/c1-15-2-8-18(9-3-15)36(31,32)26-19-12-33-22-20(13-34-21(19)22)30-23(25-27-28-30)35-17-6-4-16(5-7-17)29-11-10-24-14-29/h2-11,14,19-22,26H,12-13H2,1H3/t19-,20-,21+,22+/m0/s1. The number of fused-ring (bicyclic) bond motifs is 1. The smallest absolute Gasteiger partial charge is 0.341 e. The number of sulfonamides is 1. The summed E-state index contributed by atoms with van der Waals surface area (Å²) < 4.78 is 49.7. The normalized spacial score (nSPS) is 23.6. The van der Waals surface area contributed by atoms with Crippen molar-refractivity contribution in [1.29, 1.82) is 0 Å². The molecule has 2 aromatic heterocycles. The number of benzene rings is 2. The van der Waals surface area contributed by atoms with Crippen molar-refractivity contribution in [3.8, 4) is 17.4 Å². The molecule has 0 unspecified atom stereocenters. The maximum atomic E-state index is 12.9. The highest BCUT2D eigenvalue weighted by atomic mass is 32.2. The highest BCUT2D eigenvalue weighted by Crippen LogP contribution is 2.36. The van der Waals surface area contributed by atoms with Crippen LogP contribution < -0.4 is 9.46 Å². The summed E-state index contributed by atoms with van der Waals surface area (Å²) in [6.45, 7) is 2.32. The van der Waals surface area contributed by atoms with Gasteiger partial charge in [0.2, 0.25) is 10.0 Å². The number of aromatic nitrogens is 6. The lowest BCUT2D eigenvalue weighted by Gasteiger charge is -2.18. The van der Waals surface area contributed by atoms with Crippen molar-refractivity contribution in [2.75, 3.05) is 13.2 Å². The van der Waals surface area contributed by atoms with E-state index in [4.69, 9.17) is 14.2 Å². The van der Waals surface area contributed by atoms with Crippen molar-refractivity contribution in [3.63, 3.8) is 0 Å². The van der Waals surface area contributed by atoms with E-state index in [2.05, 4.69) is 25.2 Å². The fourth-order valence-corrected chi connectivity index (χ4v) is 5.67. The lowest BCUT2D eigenvalue weighted by Crippen LogP contribution is -2.44.